The van der Waals surface area contributed by atoms with Crippen molar-refractivity contribution in [3.63, 3.8) is 0 Å². The van der Waals surface area contributed by atoms with E-state index in [0.29, 0.717) is 22.5 Å². The third kappa shape index (κ3) is 4.64. The molecule has 0 spiro atoms. The summed E-state index contributed by atoms with van der Waals surface area (Å²) in [5.41, 5.74) is 1.60. The third-order valence-corrected chi connectivity index (χ3v) is 3.76. The predicted octanol–water partition coefficient (Wildman–Crippen LogP) is 3.96. The van der Waals surface area contributed by atoms with E-state index in [0.717, 1.165) is 0 Å². The lowest BCUT2D eigenvalue weighted by atomic mass is 10.1. The maximum Gasteiger partial charge on any atom is 0.338 e. The van der Waals surface area contributed by atoms with Crippen LogP contribution in [0.25, 0.3) is 0 Å². The molecule has 1 heterocycles. The van der Waals surface area contributed by atoms with Crippen LogP contribution >= 0.6 is 0 Å². The zero-order valence-electron chi connectivity index (χ0n) is 15.1. The van der Waals surface area contributed by atoms with Crippen LogP contribution < -0.4 is 10.6 Å². The summed E-state index contributed by atoms with van der Waals surface area (Å²) in [6.45, 7) is 1.99. The van der Waals surface area contributed by atoms with E-state index in [4.69, 9.17) is 9.15 Å². The summed E-state index contributed by atoms with van der Waals surface area (Å²) in [5.74, 6) is -1.08. The number of amides is 2. The van der Waals surface area contributed by atoms with Crippen LogP contribution in [0.15, 0.2) is 71.3 Å². The molecule has 0 unspecified atom stereocenters. The van der Waals surface area contributed by atoms with Crippen molar-refractivity contribution < 1.29 is 23.5 Å². The van der Waals surface area contributed by atoms with Gasteiger partial charge in [-0.25, -0.2) is 4.79 Å². The molecule has 1 aromatic heterocycles. The number of furan rings is 1. The Labute approximate surface area is 161 Å². The van der Waals surface area contributed by atoms with E-state index < -0.39 is 11.9 Å². The topological polar surface area (TPSA) is 97.6 Å². The van der Waals surface area contributed by atoms with Crippen molar-refractivity contribution in [1.29, 1.82) is 0 Å². The number of esters is 1. The summed E-state index contributed by atoms with van der Waals surface area (Å²) in [6, 6.07) is 16.1. The van der Waals surface area contributed by atoms with E-state index in [2.05, 4.69) is 10.6 Å². The van der Waals surface area contributed by atoms with Gasteiger partial charge in [-0.1, -0.05) is 12.1 Å². The Morgan fingerprint density at radius 3 is 2.14 bits per heavy atom. The second-order valence-electron chi connectivity index (χ2n) is 5.77. The van der Waals surface area contributed by atoms with Gasteiger partial charge in [-0.05, 0) is 55.5 Å². The molecule has 3 aromatic rings. The summed E-state index contributed by atoms with van der Waals surface area (Å²) in [5, 5.41) is 5.39. The number of carbonyl (C=O) groups excluding carboxylic acids is 3. The van der Waals surface area contributed by atoms with Crippen LogP contribution in [0.4, 0.5) is 11.4 Å². The summed E-state index contributed by atoms with van der Waals surface area (Å²) >= 11 is 0. The highest BCUT2D eigenvalue weighted by Gasteiger charge is 2.12. The molecule has 28 heavy (non-hydrogen) atoms. The molecule has 0 atom stereocenters. The lowest BCUT2D eigenvalue weighted by Crippen LogP contribution is -2.14. The number of rotatable bonds is 6. The van der Waals surface area contributed by atoms with Crippen molar-refractivity contribution in [3.8, 4) is 0 Å². The van der Waals surface area contributed by atoms with Crippen LogP contribution in [0.3, 0.4) is 0 Å². The van der Waals surface area contributed by atoms with E-state index in [1.54, 1.807) is 67.6 Å². The average molecular weight is 378 g/mol. The first-order chi connectivity index (χ1) is 13.6. The van der Waals surface area contributed by atoms with Crippen LogP contribution in [-0.2, 0) is 4.74 Å². The number of benzene rings is 2. The number of anilines is 2. The number of hydrogen-bond donors (Lipinski definition) is 2. The number of carbonyl (C=O) groups is 3. The van der Waals surface area contributed by atoms with Gasteiger partial charge in [-0.2, -0.15) is 0 Å². The summed E-state index contributed by atoms with van der Waals surface area (Å²) < 4.78 is 10.00. The Morgan fingerprint density at radius 2 is 1.50 bits per heavy atom. The lowest BCUT2D eigenvalue weighted by molar-refractivity contribution is 0.0526. The molecular formula is C21H18N2O5. The first-order valence-corrected chi connectivity index (χ1v) is 8.60. The standard InChI is InChI=1S/C21H18N2O5/c1-2-27-21(26)15-7-4-9-17(13-15)22-19(24)14-6-3-8-16(12-14)23-20(25)18-10-5-11-28-18/h3-13H,2H2,1H3,(H,22,24)(H,23,25). The lowest BCUT2D eigenvalue weighted by Gasteiger charge is -2.09. The monoisotopic (exact) mass is 378 g/mol. The van der Waals surface area contributed by atoms with Crippen molar-refractivity contribution in [2.45, 2.75) is 6.92 Å². The van der Waals surface area contributed by atoms with Crippen LogP contribution in [0.5, 0.6) is 0 Å². The molecule has 0 aliphatic rings. The first-order valence-electron chi connectivity index (χ1n) is 8.60. The third-order valence-electron chi connectivity index (χ3n) is 3.76. The fourth-order valence-corrected chi connectivity index (χ4v) is 2.48. The molecule has 0 saturated heterocycles. The highest BCUT2D eigenvalue weighted by Crippen LogP contribution is 2.16. The molecule has 0 fully saturated rings. The van der Waals surface area contributed by atoms with Crippen LogP contribution in [0.1, 0.15) is 38.2 Å². The van der Waals surface area contributed by atoms with Crippen LogP contribution in [0.2, 0.25) is 0 Å². The molecule has 7 heteroatoms. The highest BCUT2D eigenvalue weighted by molar-refractivity contribution is 6.07. The largest absolute Gasteiger partial charge is 0.462 e. The van der Waals surface area contributed by atoms with E-state index >= 15 is 0 Å². The second kappa shape index (κ2) is 8.68. The molecule has 2 amide bonds. The van der Waals surface area contributed by atoms with Gasteiger partial charge in [0.1, 0.15) is 0 Å². The van der Waals surface area contributed by atoms with Gasteiger partial charge in [0.2, 0.25) is 0 Å². The van der Waals surface area contributed by atoms with Crippen molar-refractivity contribution >= 4 is 29.2 Å². The quantitative estimate of drug-likeness (QED) is 0.633. The van der Waals surface area contributed by atoms with Gasteiger partial charge in [0, 0.05) is 16.9 Å². The minimum atomic E-state index is -0.457. The molecular weight excluding hydrogens is 360 g/mol. The van der Waals surface area contributed by atoms with Crippen molar-refractivity contribution in [2.75, 3.05) is 17.2 Å². The minimum Gasteiger partial charge on any atom is -0.462 e. The Morgan fingerprint density at radius 1 is 0.857 bits per heavy atom. The molecule has 3 rings (SSSR count). The van der Waals surface area contributed by atoms with Crippen LogP contribution in [-0.4, -0.2) is 24.4 Å². The smallest absolute Gasteiger partial charge is 0.338 e. The molecule has 7 nitrogen and oxygen atoms in total. The van der Waals surface area contributed by atoms with Gasteiger partial charge in [0.15, 0.2) is 5.76 Å². The summed E-state index contributed by atoms with van der Waals surface area (Å²) in [7, 11) is 0. The van der Waals surface area contributed by atoms with Crippen molar-refractivity contribution in [1.82, 2.24) is 0 Å². The highest BCUT2D eigenvalue weighted by atomic mass is 16.5. The van der Waals surface area contributed by atoms with Gasteiger partial charge < -0.3 is 19.8 Å². The van der Waals surface area contributed by atoms with E-state index in [9.17, 15) is 14.4 Å². The molecule has 2 N–H and O–H groups in total. The minimum absolute atomic E-state index is 0.172. The van der Waals surface area contributed by atoms with Gasteiger partial charge >= 0.3 is 5.97 Å². The van der Waals surface area contributed by atoms with E-state index in [1.165, 1.54) is 6.26 Å². The summed E-state index contributed by atoms with van der Waals surface area (Å²) in [4.78, 5) is 36.4. The fraction of sp³-hybridized carbons (Fsp3) is 0.0952. The zero-order valence-corrected chi connectivity index (χ0v) is 15.1. The van der Waals surface area contributed by atoms with Gasteiger partial charge in [-0.3, -0.25) is 9.59 Å². The predicted molar refractivity (Wildman–Crippen MR) is 103 cm³/mol. The normalized spacial score (nSPS) is 10.2. The number of ether oxygens (including phenoxy) is 1. The van der Waals surface area contributed by atoms with Gasteiger partial charge in [-0.15, -0.1) is 0 Å². The number of hydrogen-bond acceptors (Lipinski definition) is 5. The first kappa shape index (κ1) is 18.9. The molecule has 0 aliphatic carbocycles. The Kier molecular flexibility index (Phi) is 5.86. The Hall–Kier alpha value is -3.87. The van der Waals surface area contributed by atoms with Crippen molar-refractivity contribution in [3.05, 3.63) is 83.8 Å². The molecule has 0 aliphatic heterocycles. The average Bonchev–Trinajstić information content (AvgIpc) is 3.23. The SMILES string of the molecule is CCOC(=O)c1cccc(NC(=O)c2cccc(NC(=O)c3ccco3)c2)c1. The van der Waals surface area contributed by atoms with E-state index in [1.807, 2.05) is 0 Å². The second-order valence-corrected chi connectivity index (χ2v) is 5.77. The molecule has 0 radical (unpaired) electrons. The van der Waals surface area contributed by atoms with Gasteiger partial charge in [0.25, 0.3) is 11.8 Å². The summed E-state index contributed by atoms with van der Waals surface area (Å²) in [6.07, 6.45) is 1.41. The number of nitrogens with one attached hydrogen (secondary N) is 2. The fourth-order valence-electron chi connectivity index (χ4n) is 2.48. The molecule has 142 valence electrons. The molecule has 0 bridgehead atoms. The maximum absolute atomic E-state index is 12.5. The molecule has 0 saturated carbocycles. The van der Waals surface area contributed by atoms with E-state index in [-0.39, 0.29) is 18.3 Å². The molecule has 2 aromatic carbocycles. The Balaban J connectivity index is 1.70. The zero-order chi connectivity index (χ0) is 19.9. The Bertz CT molecular complexity index is 996. The maximum atomic E-state index is 12.5. The van der Waals surface area contributed by atoms with Gasteiger partial charge in [0.05, 0.1) is 18.4 Å². The van der Waals surface area contributed by atoms with Crippen molar-refractivity contribution in [2.24, 2.45) is 0 Å². The van der Waals surface area contributed by atoms with Crippen LogP contribution in [0, 0.1) is 0 Å².